The number of carbonyl (C=O) groups excluding carboxylic acids is 2. The van der Waals surface area contributed by atoms with Gasteiger partial charge in [0.2, 0.25) is 5.91 Å². The van der Waals surface area contributed by atoms with Gasteiger partial charge in [-0.05, 0) is 30.5 Å². The monoisotopic (exact) mass is 466 g/mol. The van der Waals surface area contributed by atoms with Crippen molar-refractivity contribution in [3.8, 4) is 11.1 Å². The van der Waals surface area contributed by atoms with Crippen molar-refractivity contribution in [2.45, 2.75) is 19.3 Å². The third-order valence-corrected chi connectivity index (χ3v) is 5.76. The lowest BCUT2D eigenvalue weighted by Gasteiger charge is -2.08. The van der Waals surface area contributed by atoms with E-state index < -0.39 is 17.8 Å². The maximum atomic E-state index is 12.3. The average Bonchev–Trinajstić information content (AvgIpc) is 3.23. The quantitative estimate of drug-likeness (QED) is 0.328. The third kappa shape index (κ3) is 6.05. The van der Waals surface area contributed by atoms with Crippen LogP contribution < -0.4 is 10.6 Å². The number of aromatic carboxylic acids is 2. The van der Waals surface area contributed by atoms with Gasteiger partial charge in [-0.15, -0.1) is 11.3 Å². The first-order valence-corrected chi connectivity index (χ1v) is 11.1. The Labute approximate surface area is 193 Å². The Morgan fingerprint density at radius 2 is 1.48 bits per heavy atom. The van der Waals surface area contributed by atoms with Gasteiger partial charge in [0, 0.05) is 23.9 Å². The summed E-state index contributed by atoms with van der Waals surface area (Å²) < 4.78 is 0. The standard InChI is InChI=1S/C24H22N2O6S/c27-19(12-6-7-13-25-21(28)16-10-4-5-11-17(16)23(29)30)26-22-20(24(31)32)18(14-33-22)15-8-2-1-3-9-15/h1-5,8-11,14H,6-7,12-13H2,(H,25,28)(H,26,27)(H,29,30)(H,31,32). The minimum Gasteiger partial charge on any atom is -0.478 e. The van der Waals surface area contributed by atoms with E-state index in [1.165, 1.54) is 12.1 Å². The third-order valence-electron chi connectivity index (χ3n) is 4.86. The van der Waals surface area contributed by atoms with Crippen molar-refractivity contribution < 1.29 is 29.4 Å². The van der Waals surface area contributed by atoms with Crippen molar-refractivity contribution in [1.29, 1.82) is 0 Å². The second-order valence-corrected chi connectivity index (χ2v) is 8.02. The van der Waals surface area contributed by atoms with Gasteiger partial charge in [-0.1, -0.05) is 42.5 Å². The predicted octanol–water partition coefficient (Wildman–Crippen LogP) is 4.35. The van der Waals surface area contributed by atoms with Crippen molar-refractivity contribution in [2.75, 3.05) is 11.9 Å². The second kappa shape index (κ2) is 11.1. The Balaban J connectivity index is 1.50. The summed E-state index contributed by atoms with van der Waals surface area (Å²) in [7, 11) is 0. The minimum absolute atomic E-state index is 0.0592. The zero-order valence-corrected chi connectivity index (χ0v) is 18.4. The van der Waals surface area contributed by atoms with Gasteiger partial charge in [-0.25, -0.2) is 9.59 Å². The molecule has 3 rings (SSSR count). The number of thiophene rings is 1. The molecule has 2 amide bonds. The molecule has 0 aliphatic heterocycles. The number of carbonyl (C=O) groups is 4. The van der Waals surface area contributed by atoms with Crippen molar-refractivity contribution >= 4 is 40.1 Å². The first-order valence-electron chi connectivity index (χ1n) is 10.2. The van der Waals surface area contributed by atoms with Gasteiger partial charge in [-0.3, -0.25) is 9.59 Å². The lowest BCUT2D eigenvalue weighted by atomic mass is 10.0. The minimum atomic E-state index is -1.18. The van der Waals surface area contributed by atoms with Crippen molar-refractivity contribution in [2.24, 2.45) is 0 Å². The van der Waals surface area contributed by atoms with E-state index in [0.29, 0.717) is 18.4 Å². The summed E-state index contributed by atoms with van der Waals surface area (Å²) in [5.41, 5.74) is 1.37. The Morgan fingerprint density at radius 3 is 2.15 bits per heavy atom. The smallest absolute Gasteiger partial charge is 0.339 e. The summed E-state index contributed by atoms with van der Waals surface area (Å²) in [6.07, 6.45) is 1.12. The predicted molar refractivity (Wildman–Crippen MR) is 125 cm³/mol. The van der Waals surface area contributed by atoms with Gasteiger partial charge < -0.3 is 20.8 Å². The van der Waals surface area contributed by atoms with E-state index in [4.69, 9.17) is 5.11 Å². The molecular weight excluding hydrogens is 444 g/mol. The zero-order valence-electron chi connectivity index (χ0n) is 17.5. The molecule has 0 fully saturated rings. The van der Waals surface area contributed by atoms with E-state index in [2.05, 4.69) is 10.6 Å². The number of hydrogen-bond acceptors (Lipinski definition) is 5. The van der Waals surface area contributed by atoms with Crippen LogP contribution in [0.25, 0.3) is 11.1 Å². The molecule has 0 aliphatic carbocycles. The van der Waals surface area contributed by atoms with Crippen LogP contribution in [0.3, 0.4) is 0 Å². The number of unbranched alkanes of at least 4 members (excludes halogenated alkanes) is 1. The Bertz CT molecular complexity index is 1170. The van der Waals surface area contributed by atoms with E-state index in [9.17, 15) is 24.3 Å². The molecule has 0 bridgehead atoms. The topological polar surface area (TPSA) is 133 Å². The summed E-state index contributed by atoms with van der Waals surface area (Å²) in [5, 5.41) is 26.1. The molecule has 9 heteroatoms. The summed E-state index contributed by atoms with van der Waals surface area (Å²) in [4.78, 5) is 47.5. The summed E-state index contributed by atoms with van der Waals surface area (Å²) in [6, 6.07) is 15.0. The molecule has 0 radical (unpaired) electrons. The fraction of sp³-hybridized carbons (Fsp3) is 0.167. The molecule has 0 saturated heterocycles. The van der Waals surface area contributed by atoms with E-state index in [-0.39, 0.29) is 40.6 Å². The van der Waals surface area contributed by atoms with Crippen LogP contribution in [-0.2, 0) is 4.79 Å². The maximum Gasteiger partial charge on any atom is 0.339 e. The molecule has 0 aliphatic rings. The number of benzene rings is 2. The molecule has 170 valence electrons. The normalized spacial score (nSPS) is 10.4. The number of carboxylic acid groups (broad SMARTS) is 2. The second-order valence-electron chi connectivity index (χ2n) is 7.14. The fourth-order valence-electron chi connectivity index (χ4n) is 3.26. The Hall–Kier alpha value is -3.98. The highest BCUT2D eigenvalue weighted by atomic mass is 32.1. The van der Waals surface area contributed by atoms with Crippen LogP contribution >= 0.6 is 11.3 Å². The van der Waals surface area contributed by atoms with Crippen LogP contribution in [0.2, 0.25) is 0 Å². The fourth-order valence-corrected chi connectivity index (χ4v) is 4.23. The molecule has 8 nitrogen and oxygen atoms in total. The molecule has 4 N–H and O–H groups in total. The first-order chi connectivity index (χ1) is 15.9. The highest BCUT2D eigenvalue weighted by molar-refractivity contribution is 7.15. The number of nitrogens with one attached hydrogen (secondary N) is 2. The van der Waals surface area contributed by atoms with Gasteiger partial charge in [0.25, 0.3) is 5.91 Å². The van der Waals surface area contributed by atoms with Crippen LogP contribution in [0.4, 0.5) is 5.00 Å². The van der Waals surface area contributed by atoms with Gasteiger partial charge in [0.05, 0.1) is 11.1 Å². The first kappa shape index (κ1) is 23.7. The molecular formula is C24H22N2O6S. The highest BCUT2D eigenvalue weighted by Gasteiger charge is 2.21. The number of anilines is 1. The molecule has 1 heterocycles. The van der Waals surface area contributed by atoms with Crippen LogP contribution in [0, 0.1) is 0 Å². The van der Waals surface area contributed by atoms with Crippen LogP contribution in [0.15, 0.2) is 60.0 Å². The van der Waals surface area contributed by atoms with E-state index >= 15 is 0 Å². The van der Waals surface area contributed by atoms with E-state index in [1.807, 2.05) is 30.3 Å². The van der Waals surface area contributed by atoms with Crippen LogP contribution in [0.1, 0.15) is 50.3 Å². The number of rotatable bonds is 10. The summed E-state index contributed by atoms with van der Waals surface area (Å²) in [6.45, 7) is 0.275. The zero-order chi connectivity index (χ0) is 23.8. The lowest BCUT2D eigenvalue weighted by molar-refractivity contribution is -0.116. The van der Waals surface area contributed by atoms with Gasteiger partial charge >= 0.3 is 11.9 Å². The molecule has 2 aromatic carbocycles. The van der Waals surface area contributed by atoms with Gasteiger partial charge in [0.1, 0.15) is 10.6 Å². The Kier molecular flexibility index (Phi) is 7.93. The van der Waals surface area contributed by atoms with Crippen LogP contribution in [0.5, 0.6) is 0 Å². The number of amides is 2. The van der Waals surface area contributed by atoms with Crippen LogP contribution in [-0.4, -0.2) is 40.5 Å². The summed E-state index contributed by atoms with van der Waals surface area (Å²) >= 11 is 1.16. The van der Waals surface area contributed by atoms with E-state index in [0.717, 1.165) is 16.9 Å². The van der Waals surface area contributed by atoms with E-state index in [1.54, 1.807) is 17.5 Å². The lowest BCUT2D eigenvalue weighted by Crippen LogP contribution is -2.26. The number of carboxylic acids is 2. The van der Waals surface area contributed by atoms with Crippen molar-refractivity contribution in [1.82, 2.24) is 5.32 Å². The van der Waals surface area contributed by atoms with Gasteiger partial charge in [0.15, 0.2) is 0 Å². The molecule has 0 saturated carbocycles. The number of hydrogen-bond donors (Lipinski definition) is 4. The highest BCUT2D eigenvalue weighted by Crippen LogP contribution is 2.35. The molecule has 33 heavy (non-hydrogen) atoms. The molecule has 3 aromatic rings. The molecule has 1 aromatic heterocycles. The van der Waals surface area contributed by atoms with Crippen molar-refractivity contribution in [3.05, 3.63) is 76.7 Å². The largest absolute Gasteiger partial charge is 0.478 e. The molecule has 0 atom stereocenters. The molecule has 0 unspecified atom stereocenters. The maximum absolute atomic E-state index is 12.3. The SMILES string of the molecule is O=C(CCCCNC(=O)c1ccccc1C(=O)O)Nc1scc(-c2ccccc2)c1C(=O)O. The average molecular weight is 467 g/mol. The molecule has 0 spiro atoms. The summed E-state index contributed by atoms with van der Waals surface area (Å²) in [5.74, 6) is -3.10. The Morgan fingerprint density at radius 1 is 0.818 bits per heavy atom. The van der Waals surface area contributed by atoms with Gasteiger partial charge in [-0.2, -0.15) is 0 Å². The van der Waals surface area contributed by atoms with Crippen molar-refractivity contribution in [3.63, 3.8) is 0 Å².